The lowest BCUT2D eigenvalue weighted by atomic mass is 10.1. The molecule has 0 fully saturated rings. The van der Waals surface area contributed by atoms with Gasteiger partial charge in [0, 0.05) is 24.0 Å². The van der Waals surface area contributed by atoms with Crippen LogP contribution in [0.4, 0.5) is 11.4 Å². The quantitative estimate of drug-likeness (QED) is 0.792. The van der Waals surface area contributed by atoms with Crippen LogP contribution >= 0.6 is 0 Å². The topological polar surface area (TPSA) is 70.2 Å². The summed E-state index contributed by atoms with van der Waals surface area (Å²) in [6.07, 6.45) is 3.41. The molecule has 1 aliphatic rings. The highest BCUT2D eigenvalue weighted by Crippen LogP contribution is 2.24. The summed E-state index contributed by atoms with van der Waals surface area (Å²) in [4.78, 5) is 23.7. The van der Waals surface area contributed by atoms with Gasteiger partial charge in [-0.05, 0) is 60.7 Å². The van der Waals surface area contributed by atoms with E-state index >= 15 is 0 Å². The van der Waals surface area contributed by atoms with Crippen LogP contribution in [0, 0.1) is 0 Å². The molecule has 3 N–H and O–H groups in total. The average molecular weight is 323 g/mol. The third-order valence-corrected chi connectivity index (χ3v) is 4.19. The van der Waals surface area contributed by atoms with Gasteiger partial charge in [-0.2, -0.15) is 0 Å². The van der Waals surface area contributed by atoms with Crippen LogP contribution in [0.5, 0.6) is 0 Å². The van der Waals surface area contributed by atoms with E-state index in [1.54, 1.807) is 25.2 Å². The second kappa shape index (κ2) is 7.17. The SMILES string of the molecule is CNC(=O)c1cccc(NCC(=O)Nc2ccc3c(c2)CCC3)c1. The third-order valence-electron chi connectivity index (χ3n) is 4.19. The summed E-state index contributed by atoms with van der Waals surface area (Å²) in [7, 11) is 1.59. The van der Waals surface area contributed by atoms with Crippen molar-refractivity contribution in [2.24, 2.45) is 0 Å². The third kappa shape index (κ3) is 3.74. The molecule has 0 saturated carbocycles. The summed E-state index contributed by atoms with van der Waals surface area (Å²) in [5.74, 6) is -0.264. The Balaban J connectivity index is 1.57. The molecule has 0 aromatic heterocycles. The van der Waals surface area contributed by atoms with E-state index in [1.165, 1.54) is 17.5 Å². The number of aryl methyl sites for hydroxylation is 2. The van der Waals surface area contributed by atoms with Crippen molar-refractivity contribution in [1.29, 1.82) is 0 Å². The van der Waals surface area contributed by atoms with Gasteiger partial charge in [0.05, 0.1) is 6.54 Å². The van der Waals surface area contributed by atoms with Crippen LogP contribution in [-0.4, -0.2) is 25.4 Å². The van der Waals surface area contributed by atoms with Gasteiger partial charge >= 0.3 is 0 Å². The summed E-state index contributed by atoms with van der Waals surface area (Å²) in [5.41, 5.74) is 4.85. The smallest absolute Gasteiger partial charge is 0.251 e. The molecule has 2 aromatic rings. The van der Waals surface area contributed by atoms with E-state index in [-0.39, 0.29) is 18.4 Å². The molecule has 3 rings (SSSR count). The van der Waals surface area contributed by atoms with Crippen LogP contribution < -0.4 is 16.0 Å². The minimum atomic E-state index is -0.152. The van der Waals surface area contributed by atoms with Gasteiger partial charge in [0.25, 0.3) is 5.91 Å². The standard InChI is InChI=1S/C19H21N3O2/c1-20-19(24)15-6-3-7-16(11-15)21-12-18(23)22-17-9-8-13-4-2-5-14(13)10-17/h3,6-11,21H,2,4-5,12H2,1H3,(H,20,24)(H,22,23). The molecular formula is C19H21N3O2. The molecule has 5 heteroatoms. The Bertz CT molecular complexity index is 771. The molecule has 0 spiro atoms. The van der Waals surface area contributed by atoms with E-state index in [9.17, 15) is 9.59 Å². The highest BCUT2D eigenvalue weighted by Gasteiger charge is 2.12. The number of amides is 2. The molecule has 124 valence electrons. The average Bonchev–Trinajstić information content (AvgIpc) is 3.07. The Hall–Kier alpha value is -2.82. The summed E-state index contributed by atoms with van der Waals surface area (Å²) in [6.45, 7) is 0.147. The first kappa shape index (κ1) is 16.1. The first-order valence-electron chi connectivity index (χ1n) is 8.13. The fraction of sp³-hybridized carbons (Fsp3) is 0.263. The zero-order valence-corrected chi connectivity index (χ0v) is 13.7. The number of hydrogen-bond donors (Lipinski definition) is 3. The number of benzene rings is 2. The molecule has 24 heavy (non-hydrogen) atoms. The summed E-state index contributed by atoms with van der Waals surface area (Å²) < 4.78 is 0. The lowest BCUT2D eigenvalue weighted by Crippen LogP contribution is -2.22. The Morgan fingerprint density at radius 3 is 2.67 bits per heavy atom. The summed E-state index contributed by atoms with van der Waals surface area (Å²) in [6, 6.07) is 13.2. The fourth-order valence-electron chi connectivity index (χ4n) is 2.95. The number of anilines is 2. The molecule has 2 amide bonds. The van der Waals surface area contributed by atoms with Crippen LogP contribution in [0.15, 0.2) is 42.5 Å². The van der Waals surface area contributed by atoms with Crippen molar-refractivity contribution in [3.8, 4) is 0 Å². The lowest BCUT2D eigenvalue weighted by Gasteiger charge is -2.10. The molecule has 5 nitrogen and oxygen atoms in total. The lowest BCUT2D eigenvalue weighted by molar-refractivity contribution is -0.114. The number of fused-ring (bicyclic) bond motifs is 1. The van der Waals surface area contributed by atoms with E-state index in [1.807, 2.05) is 12.1 Å². The highest BCUT2D eigenvalue weighted by molar-refractivity contribution is 5.96. The second-order valence-electron chi connectivity index (χ2n) is 5.90. The van der Waals surface area contributed by atoms with Gasteiger partial charge < -0.3 is 16.0 Å². The Morgan fingerprint density at radius 2 is 1.83 bits per heavy atom. The van der Waals surface area contributed by atoms with E-state index in [2.05, 4.69) is 28.1 Å². The maximum atomic E-state index is 12.1. The first-order chi connectivity index (χ1) is 11.7. The molecule has 0 radical (unpaired) electrons. The Kier molecular flexibility index (Phi) is 4.79. The van der Waals surface area contributed by atoms with Gasteiger partial charge in [-0.1, -0.05) is 12.1 Å². The van der Waals surface area contributed by atoms with Gasteiger partial charge in [0.1, 0.15) is 0 Å². The van der Waals surface area contributed by atoms with Crippen molar-refractivity contribution in [2.45, 2.75) is 19.3 Å². The van der Waals surface area contributed by atoms with Gasteiger partial charge in [-0.25, -0.2) is 0 Å². The molecular weight excluding hydrogens is 302 g/mol. The maximum absolute atomic E-state index is 12.1. The minimum Gasteiger partial charge on any atom is -0.376 e. The van der Waals surface area contributed by atoms with E-state index in [0.717, 1.165) is 24.2 Å². The molecule has 0 atom stereocenters. The monoisotopic (exact) mass is 323 g/mol. The van der Waals surface area contributed by atoms with Crippen LogP contribution in [-0.2, 0) is 17.6 Å². The van der Waals surface area contributed by atoms with Crippen molar-refractivity contribution >= 4 is 23.2 Å². The number of nitrogens with one attached hydrogen (secondary N) is 3. The number of carbonyl (C=O) groups excluding carboxylic acids is 2. The normalized spacial score (nSPS) is 12.4. The van der Waals surface area contributed by atoms with Crippen molar-refractivity contribution in [3.63, 3.8) is 0 Å². The van der Waals surface area contributed by atoms with Crippen molar-refractivity contribution in [3.05, 3.63) is 59.2 Å². The van der Waals surface area contributed by atoms with Gasteiger partial charge in [-0.3, -0.25) is 9.59 Å². The predicted octanol–water partition coefficient (Wildman–Crippen LogP) is 2.59. The molecule has 0 bridgehead atoms. The first-order valence-corrected chi connectivity index (χ1v) is 8.13. The van der Waals surface area contributed by atoms with Gasteiger partial charge in [0.2, 0.25) is 5.91 Å². The van der Waals surface area contributed by atoms with E-state index < -0.39 is 0 Å². The van der Waals surface area contributed by atoms with Crippen molar-refractivity contribution in [1.82, 2.24) is 5.32 Å². The van der Waals surface area contributed by atoms with Crippen LogP contribution in [0.25, 0.3) is 0 Å². The van der Waals surface area contributed by atoms with Crippen molar-refractivity contribution < 1.29 is 9.59 Å². The van der Waals surface area contributed by atoms with Gasteiger partial charge in [0.15, 0.2) is 0 Å². The highest BCUT2D eigenvalue weighted by atomic mass is 16.2. The predicted molar refractivity (Wildman–Crippen MR) is 95.4 cm³/mol. The zero-order chi connectivity index (χ0) is 16.9. The summed E-state index contributed by atoms with van der Waals surface area (Å²) >= 11 is 0. The van der Waals surface area contributed by atoms with Crippen molar-refractivity contribution in [2.75, 3.05) is 24.2 Å². The second-order valence-corrected chi connectivity index (χ2v) is 5.90. The molecule has 0 aliphatic heterocycles. The number of rotatable bonds is 5. The largest absolute Gasteiger partial charge is 0.376 e. The minimum absolute atomic E-state index is 0.113. The van der Waals surface area contributed by atoms with E-state index in [0.29, 0.717) is 5.56 Å². The zero-order valence-electron chi connectivity index (χ0n) is 13.7. The molecule has 0 heterocycles. The molecule has 0 unspecified atom stereocenters. The maximum Gasteiger partial charge on any atom is 0.251 e. The number of hydrogen-bond acceptors (Lipinski definition) is 3. The Labute approximate surface area is 141 Å². The van der Waals surface area contributed by atoms with E-state index in [4.69, 9.17) is 0 Å². The summed E-state index contributed by atoms with van der Waals surface area (Å²) in [5, 5.41) is 8.53. The molecule has 2 aromatic carbocycles. The van der Waals surface area contributed by atoms with Gasteiger partial charge in [-0.15, -0.1) is 0 Å². The molecule has 1 aliphatic carbocycles. The van der Waals surface area contributed by atoms with Crippen LogP contribution in [0.3, 0.4) is 0 Å². The number of carbonyl (C=O) groups is 2. The van der Waals surface area contributed by atoms with Crippen LogP contribution in [0.1, 0.15) is 27.9 Å². The van der Waals surface area contributed by atoms with Crippen LogP contribution in [0.2, 0.25) is 0 Å². The fourth-order valence-corrected chi connectivity index (χ4v) is 2.95. The molecule has 0 saturated heterocycles. The Morgan fingerprint density at radius 1 is 1.00 bits per heavy atom.